The molecule has 2 aromatic carbocycles. The molecular formula is C26H28N4O2. The lowest BCUT2D eigenvalue weighted by molar-refractivity contribution is -0.137. The van der Waals surface area contributed by atoms with E-state index in [-0.39, 0.29) is 5.92 Å². The molecule has 0 saturated carbocycles. The van der Waals surface area contributed by atoms with Gasteiger partial charge in [-0.15, -0.1) is 10.2 Å². The third-order valence-electron chi connectivity index (χ3n) is 6.64. The van der Waals surface area contributed by atoms with E-state index in [0.717, 1.165) is 68.3 Å². The molecule has 5 rings (SSSR count). The Kier molecular flexibility index (Phi) is 5.75. The number of rotatable bonds is 4. The first-order valence-electron chi connectivity index (χ1n) is 11.3. The van der Waals surface area contributed by atoms with Crippen molar-refractivity contribution in [3.8, 4) is 17.0 Å². The number of nitrogens with zero attached hydrogens (tertiary/aromatic N) is 4. The Morgan fingerprint density at radius 3 is 2.41 bits per heavy atom. The molecule has 3 heterocycles. The van der Waals surface area contributed by atoms with Gasteiger partial charge in [-0.05, 0) is 54.7 Å². The second-order valence-electron chi connectivity index (χ2n) is 8.52. The fourth-order valence-corrected chi connectivity index (χ4v) is 4.79. The van der Waals surface area contributed by atoms with Crippen LogP contribution in [0, 0.1) is 5.92 Å². The molecule has 0 atom stereocenters. The Bertz CT molecular complexity index is 1090. The van der Waals surface area contributed by atoms with Gasteiger partial charge in [0.05, 0.1) is 12.8 Å². The van der Waals surface area contributed by atoms with E-state index >= 15 is 0 Å². The predicted octanol–water partition coefficient (Wildman–Crippen LogP) is 3.95. The van der Waals surface area contributed by atoms with Crippen molar-refractivity contribution >= 4 is 11.7 Å². The van der Waals surface area contributed by atoms with Crippen LogP contribution in [0.15, 0.2) is 60.7 Å². The lowest BCUT2D eigenvalue weighted by Crippen LogP contribution is -2.44. The van der Waals surface area contributed by atoms with Crippen LogP contribution in [-0.4, -0.2) is 47.7 Å². The molecule has 164 valence electrons. The number of methoxy groups -OCH3 is 1. The van der Waals surface area contributed by atoms with Crippen LogP contribution in [0.5, 0.6) is 5.75 Å². The van der Waals surface area contributed by atoms with Gasteiger partial charge in [-0.3, -0.25) is 4.79 Å². The molecule has 1 saturated heterocycles. The third-order valence-corrected chi connectivity index (χ3v) is 6.64. The zero-order valence-corrected chi connectivity index (χ0v) is 18.4. The molecule has 1 fully saturated rings. The van der Waals surface area contributed by atoms with Gasteiger partial charge in [-0.25, -0.2) is 0 Å². The van der Waals surface area contributed by atoms with E-state index in [1.807, 2.05) is 41.3 Å². The summed E-state index contributed by atoms with van der Waals surface area (Å²) in [5, 5.41) is 8.90. The number of hydrogen-bond donors (Lipinski definition) is 0. The SMILES string of the molecule is COc1ccccc1-c1ccc(N2CCC(C(=O)N3CCc4ccccc4C3)CC2)nn1. The number of piperidine rings is 1. The number of aromatic nitrogens is 2. The minimum Gasteiger partial charge on any atom is -0.496 e. The number of hydrogen-bond acceptors (Lipinski definition) is 5. The highest BCUT2D eigenvalue weighted by Gasteiger charge is 2.30. The summed E-state index contributed by atoms with van der Waals surface area (Å²) < 4.78 is 5.44. The first-order chi connectivity index (χ1) is 15.7. The summed E-state index contributed by atoms with van der Waals surface area (Å²) in [7, 11) is 1.66. The molecule has 2 aliphatic rings. The third kappa shape index (κ3) is 4.05. The van der Waals surface area contributed by atoms with Crippen molar-refractivity contribution in [1.29, 1.82) is 0 Å². The van der Waals surface area contributed by atoms with Crippen LogP contribution in [0.2, 0.25) is 0 Å². The highest BCUT2D eigenvalue weighted by molar-refractivity contribution is 5.79. The number of carbonyl (C=O) groups is 1. The highest BCUT2D eigenvalue weighted by Crippen LogP contribution is 2.30. The molecule has 3 aromatic rings. The van der Waals surface area contributed by atoms with Crippen molar-refractivity contribution in [2.24, 2.45) is 5.92 Å². The summed E-state index contributed by atoms with van der Waals surface area (Å²) in [5.41, 5.74) is 4.39. The summed E-state index contributed by atoms with van der Waals surface area (Å²) in [6, 6.07) is 20.3. The summed E-state index contributed by atoms with van der Waals surface area (Å²) in [6.07, 6.45) is 2.66. The van der Waals surface area contributed by atoms with E-state index in [0.29, 0.717) is 5.91 Å². The van der Waals surface area contributed by atoms with E-state index in [2.05, 4.69) is 39.4 Å². The number of para-hydroxylation sites is 1. The Hall–Kier alpha value is -3.41. The molecule has 0 N–H and O–H groups in total. The lowest BCUT2D eigenvalue weighted by Gasteiger charge is -2.36. The van der Waals surface area contributed by atoms with Crippen LogP contribution in [0.4, 0.5) is 5.82 Å². The minimum absolute atomic E-state index is 0.0947. The number of fused-ring (bicyclic) bond motifs is 1. The second-order valence-corrected chi connectivity index (χ2v) is 8.52. The zero-order chi connectivity index (χ0) is 21.9. The molecule has 1 amide bonds. The molecule has 0 bridgehead atoms. The Morgan fingerprint density at radius 1 is 0.906 bits per heavy atom. The van der Waals surface area contributed by atoms with E-state index in [1.54, 1.807) is 7.11 Å². The fourth-order valence-electron chi connectivity index (χ4n) is 4.79. The van der Waals surface area contributed by atoms with Crippen molar-refractivity contribution in [2.45, 2.75) is 25.8 Å². The number of carbonyl (C=O) groups excluding carboxylic acids is 1. The number of benzene rings is 2. The van der Waals surface area contributed by atoms with Gasteiger partial charge in [0.15, 0.2) is 5.82 Å². The monoisotopic (exact) mass is 428 g/mol. The van der Waals surface area contributed by atoms with Gasteiger partial charge >= 0.3 is 0 Å². The minimum atomic E-state index is 0.0947. The Morgan fingerprint density at radius 2 is 1.66 bits per heavy atom. The average Bonchev–Trinajstić information content (AvgIpc) is 2.88. The number of ether oxygens (including phenoxy) is 1. The van der Waals surface area contributed by atoms with E-state index in [9.17, 15) is 4.79 Å². The molecule has 6 heteroatoms. The largest absolute Gasteiger partial charge is 0.496 e. The van der Waals surface area contributed by atoms with Crippen LogP contribution >= 0.6 is 0 Å². The lowest BCUT2D eigenvalue weighted by atomic mass is 9.93. The molecule has 6 nitrogen and oxygen atoms in total. The predicted molar refractivity (Wildman–Crippen MR) is 125 cm³/mol. The highest BCUT2D eigenvalue weighted by atomic mass is 16.5. The quantitative estimate of drug-likeness (QED) is 0.630. The van der Waals surface area contributed by atoms with Gasteiger partial charge in [0.1, 0.15) is 5.75 Å². The van der Waals surface area contributed by atoms with E-state index in [1.165, 1.54) is 11.1 Å². The fraction of sp³-hybridized carbons (Fsp3) is 0.346. The van der Waals surface area contributed by atoms with Crippen LogP contribution in [-0.2, 0) is 17.8 Å². The van der Waals surface area contributed by atoms with Crippen molar-refractivity contribution in [3.63, 3.8) is 0 Å². The van der Waals surface area contributed by atoms with E-state index < -0.39 is 0 Å². The molecule has 0 radical (unpaired) electrons. The van der Waals surface area contributed by atoms with Crippen LogP contribution in [0.3, 0.4) is 0 Å². The summed E-state index contributed by atoms with van der Waals surface area (Å²) in [4.78, 5) is 17.4. The standard InChI is InChI=1S/C26H28N4O2/c1-32-24-9-5-4-8-22(24)23-10-11-25(28-27-23)29-15-13-20(14-16-29)26(31)30-17-12-19-6-2-3-7-21(19)18-30/h2-11,20H,12-18H2,1H3. The Labute approximate surface area is 188 Å². The zero-order valence-electron chi connectivity index (χ0n) is 18.4. The average molecular weight is 429 g/mol. The van der Waals surface area contributed by atoms with Crippen molar-refractivity contribution in [1.82, 2.24) is 15.1 Å². The molecule has 0 spiro atoms. The number of amides is 1. The molecule has 1 aromatic heterocycles. The summed E-state index contributed by atoms with van der Waals surface area (Å²) >= 11 is 0. The maximum Gasteiger partial charge on any atom is 0.226 e. The van der Waals surface area contributed by atoms with Crippen molar-refractivity contribution in [2.75, 3.05) is 31.6 Å². The molecule has 32 heavy (non-hydrogen) atoms. The van der Waals surface area contributed by atoms with Gasteiger partial charge < -0.3 is 14.5 Å². The molecule has 0 aliphatic carbocycles. The van der Waals surface area contributed by atoms with Gasteiger partial charge in [0.2, 0.25) is 5.91 Å². The van der Waals surface area contributed by atoms with Crippen LogP contribution in [0.1, 0.15) is 24.0 Å². The molecule has 0 unspecified atom stereocenters. The second kappa shape index (κ2) is 8.99. The molecular weight excluding hydrogens is 400 g/mol. The van der Waals surface area contributed by atoms with Crippen LogP contribution in [0.25, 0.3) is 11.3 Å². The van der Waals surface area contributed by atoms with Gasteiger partial charge in [0, 0.05) is 37.7 Å². The summed E-state index contributed by atoms with van der Waals surface area (Å²) in [5.74, 6) is 2.05. The Balaban J connectivity index is 1.20. The van der Waals surface area contributed by atoms with Gasteiger partial charge in [0.25, 0.3) is 0 Å². The van der Waals surface area contributed by atoms with Crippen molar-refractivity contribution < 1.29 is 9.53 Å². The van der Waals surface area contributed by atoms with E-state index in [4.69, 9.17) is 4.74 Å². The smallest absolute Gasteiger partial charge is 0.226 e. The van der Waals surface area contributed by atoms with Crippen LogP contribution < -0.4 is 9.64 Å². The topological polar surface area (TPSA) is 58.6 Å². The van der Waals surface area contributed by atoms with Gasteiger partial charge in [-0.1, -0.05) is 36.4 Å². The molecule has 2 aliphatic heterocycles. The van der Waals surface area contributed by atoms with Crippen molar-refractivity contribution in [3.05, 3.63) is 71.8 Å². The maximum absolute atomic E-state index is 13.1. The summed E-state index contributed by atoms with van der Waals surface area (Å²) in [6.45, 7) is 3.21. The number of anilines is 1. The first-order valence-corrected chi connectivity index (χ1v) is 11.3. The first kappa shape index (κ1) is 20.5. The van der Waals surface area contributed by atoms with Gasteiger partial charge in [-0.2, -0.15) is 0 Å². The maximum atomic E-state index is 13.1. The normalized spacial score (nSPS) is 16.5.